The Balaban J connectivity index is 0.000000145. The average Bonchev–Trinajstić information content (AvgIpc) is 3.62. The highest BCUT2D eigenvalue weighted by Crippen LogP contribution is 2.28. The summed E-state index contributed by atoms with van der Waals surface area (Å²) in [6, 6.07) is 16.7. The molecule has 0 saturated heterocycles. The SMILES string of the molecule is Cc1ccc(-n2cnc3c(sc4[nH]cc(Br)c(=O)c43)c2=O)cc1.Cc1ccc(-n2cnc3c(sc4[nH]ccc(=O)c43)c2=O)cc1. The van der Waals surface area contributed by atoms with Gasteiger partial charge in [0.05, 0.1) is 26.6 Å². The Labute approximate surface area is 269 Å². The molecule has 2 aromatic carbocycles. The van der Waals surface area contributed by atoms with Crippen LogP contribution in [0.25, 0.3) is 52.2 Å². The smallest absolute Gasteiger partial charge is 0.275 e. The number of halogens is 1. The average molecular weight is 698 g/mol. The van der Waals surface area contributed by atoms with Crippen LogP contribution in [-0.2, 0) is 0 Å². The van der Waals surface area contributed by atoms with Crippen LogP contribution in [0.2, 0.25) is 0 Å². The van der Waals surface area contributed by atoms with Crippen LogP contribution in [0.4, 0.5) is 0 Å². The number of thiophene rings is 2. The topological polar surface area (TPSA) is 136 Å². The summed E-state index contributed by atoms with van der Waals surface area (Å²) in [7, 11) is 0. The second-order valence-electron chi connectivity index (χ2n) is 10.3. The van der Waals surface area contributed by atoms with Crippen LogP contribution >= 0.6 is 38.6 Å². The van der Waals surface area contributed by atoms with Crippen molar-refractivity contribution in [2.24, 2.45) is 0 Å². The molecule has 10 nitrogen and oxygen atoms in total. The molecule has 45 heavy (non-hydrogen) atoms. The Morgan fingerprint density at radius 3 is 1.69 bits per heavy atom. The van der Waals surface area contributed by atoms with Gasteiger partial charge < -0.3 is 9.97 Å². The Hall–Kier alpha value is -4.98. The van der Waals surface area contributed by atoms with Crippen LogP contribution in [0, 0.1) is 13.8 Å². The molecule has 0 aliphatic carbocycles. The molecular weight excluding hydrogens is 676 g/mol. The fourth-order valence-corrected chi connectivity index (χ4v) is 7.38. The van der Waals surface area contributed by atoms with Crippen molar-refractivity contribution in [2.45, 2.75) is 13.8 Å². The summed E-state index contributed by atoms with van der Waals surface area (Å²) in [5.74, 6) is 0. The van der Waals surface area contributed by atoms with Gasteiger partial charge in [0.1, 0.15) is 42.7 Å². The van der Waals surface area contributed by atoms with Crippen molar-refractivity contribution in [3.8, 4) is 11.4 Å². The number of pyridine rings is 2. The third-order valence-electron chi connectivity index (χ3n) is 7.29. The lowest BCUT2D eigenvalue weighted by molar-refractivity contribution is 0.966. The van der Waals surface area contributed by atoms with E-state index in [1.165, 1.54) is 50.5 Å². The van der Waals surface area contributed by atoms with E-state index in [0.717, 1.165) is 22.5 Å². The van der Waals surface area contributed by atoms with E-state index in [-0.39, 0.29) is 22.0 Å². The first-order valence-electron chi connectivity index (χ1n) is 13.6. The van der Waals surface area contributed by atoms with Crippen LogP contribution in [0.5, 0.6) is 0 Å². The largest absolute Gasteiger partial charge is 0.353 e. The van der Waals surface area contributed by atoms with Gasteiger partial charge in [-0.25, -0.2) is 9.97 Å². The fraction of sp³-hybridized carbons (Fsp3) is 0.0625. The number of aromatic amines is 2. The van der Waals surface area contributed by atoms with Gasteiger partial charge in [0.2, 0.25) is 5.43 Å². The number of benzene rings is 2. The summed E-state index contributed by atoms with van der Waals surface area (Å²) >= 11 is 5.73. The minimum absolute atomic E-state index is 0.125. The number of fused-ring (bicyclic) bond motifs is 6. The summed E-state index contributed by atoms with van der Waals surface area (Å²) in [5.41, 5.74) is 4.04. The summed E-state index contributed by atoms with van der Waals surface area (Å²) < 4.78 is 4.37. The van der Waals surface area contributed by atoms with Crippen molar-refractivity contribution in [1.29, 1.82) is 0 Å². The highest BCUT2D eigenvalue weighted by Gasteiger charge is 2.17. The molecule has 0 radical (unpaired) electrons. The standard InChI is InChI=1S/C16H10BrN3O2S.C16H11N3O2S/c1-8-2-4-9(5-3-8)20-7-19-12-11-13(21)10(17)6-18-15(11)23-14(12)16(20)22;1-9-2-4-10(5-3-9)19-8-18-13-12-11(20)6-7-17-15(12)22-14(13)16(19)21/h2-7H,1H3,(H,18,21);2-8H,1H3,(H,17,20). The Kier molecular flexibility index (Phi) is 7.15. The molecule has 6 heterocycles. The Bertz CT molecular complexity index is 2670. The van der Waals surface area contributed by atoms with Gasteiger partial charge in [-0.1, -0.05) is 35.4 Å². The molecule has 8 aromatic rings. The van der Waals surface area contributed by atoms with Crippen molar-refractivity contribution >= 4 is 79.5 Å². The number of H-pyrrole nitrogens is 2. The second-order valence-corrected chi connectivity index (χ2v) is 13.2. The van der Waals surface area contributed by atoms with Gasteiger partial charge >= 0.3 is 0 Å². The van der Waals surface area contributed by atoms with Crippen molar-refractivity contribution in [3.05, 3.63) is 136 Å². The minimum Gasteiger partial charge on any atom is -0.353 e. The first kappa shape index (κ1) is 28.8. The number of nitrogens with zero attached hydrogens (tertiary/aromatic N) is 4. The van der Waals surface area contributed by atoms with Crippen molar-refractivity contribution in [3.63, 3.8) is 0 Å². The molecule has 0 fully saturated rings. The zero-order chi connectivity index (χ0) is 31.4. The summed E-state index contributed by atoms with van der Waals surface area (Å²) in [6.45, 7) is 3.98. The van der Waals surface area contributed by atoms with Gasteiger partial charge in [-0.3, -0.25) is 28.3 Å². The Morgan fingerprint density at radius 2 is 1.16 bits per heavy atom. The van der Waals surface area contributed by atoms with Crippen molar-refractivity contribution in [1.82, 2.24) is 29.1 Å². The van der Waals surface area contributed by atoms with Crippen molar-refractivity contribution < 1.29 is 0 Å². The zero-order valence-corrected chi connectivity index (χ0v) is 26.8. The first-order chi connectivity index (χ1) is 21.7. The lowest BCUT2D eigenvalue weighted by atomic mass is 10.2. The lowest BCUT2D eigenvalue weighted by Gasteiger charge is -2.05. The molecule has 0 atom stereocenters. The summed E-state index contributed by atoms with van der Waals surface area (Å²) in [5, 5.41) is 0.934. The maximum Gasteiger partial charge on any atom is 0.275 e. The highest BCUT2D eigenvalue weighted by molar-refractivity contribution is 9.10. The molecule has 6 aromatic heterocycles. The van der Waals surface area contributed by atoms with Crippen LogP contribution in [-0.4, -0.2) is 29.1 Å². The molecule has 0 spiro atoms. The monoisotopic (exact) mass is 696 g/mol. The normalized spacial score (nSPS) is 11.4. The van der Waals surface area contributed by atoms with E-state index in [1.54, 1.807) is 12.4 Å². The molecule has 222 valence electrons. The van der Waals surface area contributed by atoms with Gasteiger partial charge in [0.25, 0.3) is 11.1 Å². The van der Waals surface area contributed by atoms with Crippen LogP contribution in [0.1, 0.15) is 11.1 Å². The number of hydrogen-bond acceptors (Lipinski definition) is 8. The van der Waals surface area contributed by atoms with E-state index in [2.05, 4.69) is 35.9 Å². The van der Waals surface area contributed by atoms with Gasteiger partial charge in [0.15, 0.2) is 5.43 Å². The quantitative estimate of drug-likeness (QED) is 0.229. The fourth-order valence-electron chi connectivity index (χ4n) is 4.95. The van der Waals surface area contributed by atoms with Gasteiger partial charge in [-0.05, 0) is 54.0 Å². The Morgan fingerprint density at radius 1 is 0.667 bits per heavy atom. The maximum atomic E-state index is 12.8. The van der Waals surface area contributed by atoms with Crippen LogP contribution in [0.15, 0.2) is 103 Å². The molecule has 0 aliphatic rings. The third-order valence-corrected chi connectivity index (χ3v) is 10.1. The predicted molar refractivity (Wildman–Crippen MR) is 184 cm³/mol. The van der Waals surface area contributed by atoms with E-state index in [1.807, 2.05) is 62.4 Å². The number of nitrogens with one attached hydrogen (secondary N) is 2. The van der Waals surface area contributed by atoms with Gasteiger partial charge in [-0.15, -0.1) is 22.7 Å². The first-order valence-corrected chi connectivity index (χ1v) is 16.0. The summed E-state index contributed by atoms with van der Waals surface area (Å²) in [4.78, 5) is 65.9. The van der Waals surface area contributed by atoms with Gasteiger partial charge in [0, 0.05) is 18.5 Å². The highest BCUT2D eigenvalue weighted by atomic mass is 79.9. The number of hydrogen-bond donors (Lipinski definition) is 2. The van der Waals surface area contributed by atoms with E-state index >= 15 is 0 Å². The molecule has 2 N–H and O–H groups in total. The molecule has 0 saturated carbocycles. The zero-order valence-electron chi connectivity index (χ0n) is 23.6. The number of rotatable bonds is 2. The van der Waals surface area contributed by atoms with Gasteiger partial charge in [-0.2, -0.15) is 0 Å². The van der Waals surface area contributed by atoms with Crippen LogP contribution < -0.4 is 22.0 Å². The summed E-state index contributed by atoms with van der Waals surface area (Å²) in [6.07, 6.45) is 6.12. The molecule has 8 rings (SSSR count). The number of aromatic nitrogens is 6. The molecule has 0 bridgehead atoms. The van der Waals surface area contributed by atoms with E-state index in [0.29, 0.717) is 45.3 Å². The molecule has 13 heteroatoms. The van der Waals surface area contributed by atoms with E-state index in [9.17, 15) is 19.2 Å². The second kappa shape index (κ2) is 11.2. The minimum atomic E-state index is -0.177. The maximum absolute atomic E-state index is 12.8. The predicted octanol–water partition coefficient (Wildman–Crippen LogP) is 5.96. The molecule has 0 amide bonds. The van der Waals surface area contributed by atoms with Crippen LogP contribution in [0.3, 0.4) is 0 Å². The van der Waals surface area contributed by atoms with E-state index in [4.69, 9.17) is 0 Å². The molecular formula is C32H21BrN6O4S2. The number of aryl methyl sites for hydroxylation is 2. The molecule has 0 aliphatic heterocycles. The third kappa shape index (κ3) is 4.94. The van der Waals surface area contributed by atoms with Crippen molar-refractivity contribution in [2.75, 3.05) is 0 Å². The van der Waals surface area contributed by atoms with E-state index < -0.39 is 0 Å². The molecule has 0 unspecified atom stereocenters. The lowest BCUT2D eigenvalue weighted by Crippen LogP contribution is -2.17.